The molecule has 0 atom stereocenters. The molecule has 1 aliphatic carbocycles. The van der Waals surface area contributed by atoms with Gasteiger partial charge in [-0.1, -0.05) is 57.8 Å². The van der Waals surface area contributed by atoms with Crippen LogP contribution in [0, 0.1) is 5.92 Å². The molecule has 0 unspecified atom stereocenters. The number of carbonyl (C=O) groups is 1. The fourth-order valence-electron chi connectivity index (χ4n) is 2.33. The summed E-state index contributed by atoms with van der Waals surface area (Å²) in [5, 5.41) is 0. The highest BCUT2D eigenvalue weighted by molar-refractivity contribution is 5.53. The van der Waals surface area contributed by atoms with E-state index in [1.807, 2.05) is 0 Å². The second-order valence-electron chi connectivity index (χ2n) is 4.66. The van der Waals surface area contributed by atoms with Gasteiger partial charge in [0.15, 0.2) is 0 Å². The van der Waals surface area contributed by atoms with Crippen LogP contribution in [-0.4, -0.2) is 6.29 Å². The second kappa shape index (κ2) is 8.02. The smallest absolute Gasteiger partial charge is 0.123 e. The molecule has 1 saturated carbocycles. The predicted molar refractivity (Wildman–Crippen MR) is 60.3 cm³/mol. The summed E-state index contributed by atoms with van der Waals surface area (Å²) >= 11 is 0. The Hall–Kier alpha value is -0.330. The predicted octanol–water partition coefficient (Wildman–Crippen LogP) is 4.11. The van der Waals surface area contributed by atoms with Gasteiger partial charge in [-0.05, 0) is 12.8 Å². The minimum Gasteiger partial charge on any atom is -0.303 e. The van der Waals surface area contributed by atoms with E-state index >= 15 is 0 Å². The van der Waals surface area contributed by atoms with Crippen LogP contribution >= 0.6 is 0 Å². The number of hydrogen-bond acceptors (Lipinski definition) is 1. The van der Waals surface area contributed by atoms with Crippen LogP contribution in [0.5, 0.6) is 0 Å². The van der Waals surface area contributed by atoms with Crippen molar-refractivity contribution in [1.29, 1.82) is 0 Å². The monoisotopic (exact) mass is 196 g/mol. The average Bonchev–Trinajstić information content (AvgIpc) is 2.19. The molecule has 1 rings (SSSR count). The standard InChI is InChI=1S/C13H24O/c14-12-13-10-8-6-4-2-1-3-5-7-9-11-13/h12-13H,1-11H2. The summed E-state index contributed by atoms with van der Waals surface area (Å²) in [7, 11) is 0. The molecule has 1 nitrogen and oxygen atoms in total. The first-order valence-electron chi connectivity index (χ1n) is 6.39. The molecule has 0 amide bonds. The molecule has 0 heterocycles. The van der Waals surface area contributed by atoms with E-state index in [-0.39, 0.29) is 0 Å². The number of rotatable bonds is 1. The quantitative estimate of drug-likeness (QED) is 0.577. The third-order valence-electron chi connectivity index (χ3n) is 3.34. The van der Waals surface area contributed by atoms with Gasteiger partial charge in [0.05, 0.1) is 0 Å². The molecule has 0 spiro atoms. The fraction of sp³-hybridized carbons (Fsp3) is 0.923. The molecule has 0 radical (unpaired) electrons. The Labute approximate surface area is 88.3 Å². The van der Waals surface area contributed by atoms with Gasteiger partial charge in [0.25, 0.3) is 0 Å². The highest BCUT2D eigenvalue weighted by Crippen LogP contribution is 2.19. The van der Waals surface area contributed by atoms with Crippen LogP contribution in [0.25, 0.3) is 0 Å². The summed E-state index contributed by atoms with van der Waals surface area (Å²) < 4.78 is 0. The lowest BCUT2D eigenvalue weighted by atomic mass is 9.94. The Morgan fingerprint density at radius 2 is 1.00 bits per heavy atom. The van der Waals surface area contributed by atoms with Gasteiger partial charge >= 0.3 is 0 Å². The number of aldehydes is 1. The van der Waals surface area contributed by atoms with Crippen molar-refractivity contribution >= 4 is 6.29 Å². The Kier molecular flexibility index (Phi) is 6.73. The highest BCUT2D eigenvalue weighted by atomic mass is 16.1. The van der Waals surface area contributed by atoms with Crippen LogP contribution in [-0.2, 0) is 4.79 Å². The molecule has 0 aromatic rings. The molecule has 14 heavy (non-hydrogen) atoms. The molecule has 1 aliphatic rings. The van der Waals surface area contributed by atoms with Crippen molar-refractivity contribution in [3.8, 4) is 0 Å². The number of hydrogen-bond donors (Lipinski definition) is 0. The molecule has 0 aliphatic heterocycles. The lowest BCUT2D eigenvalue weighted by molar-refractivity contribution is -0.111. The van der Waals surface area contributed by atoms with E-state index in [9.17, 15) is 4.79 Å². The van der Waals surface area contributed by atoms with Gasteiger partial charge in [-0.3, -0.25) is 0 Å². The van der Waals surface area contributed by atoms with Gasteiger partial charge in [-0.25, -0.2) is 0 Å². The van der Waals surface area contributed by atoms with Crippen molar-refractivity contribution in [3.05, 3.63) is 0 Å². The largest absolute Gasteiger partial charge is 0.303 e. The molecular weight excluding hydrogens is 172 g/mol. The van der Waals surface area contributed by atoms with Gasteiger partial charge in [0.2, 0.25) is 0 Å². The van der Waals surface area contributed by atoms with Gasteiger partial charge in [-0.2, -0.15) is 0 Å². The van der Waals surface area contributed by atoms with Gasteiger partial charge < -0.3 is 4.79 Å². The summed E-state index contributed by atoms with van der Waals surface area (Å²) in [5.74, 6) is 0.370. The Balaban J connectivity index is 2.20. The highest BCUT2D eigenvalue weighted by Gasteiger charge is 2.07. The average molecular weight is 196 g/mol. The summed E-state index contributed by atoms with van der Waals surface area (Å²) in [6.07, 6.45) is 15.7. The summed E-state index contributed by atoms with van der Waals surface area (Å²) in [6, 6.07) is 0. The molecule has 82 valence electrons. The molecule has 0 bridgehead atoms. The van der Waals surface area contributed by atoms with Crippen LogP contribution < -0.4 is 0 Å². The molecule has 0 aromatic heterocycles. The third-order valence-corrected chi connectivity index (χ3v) is 3.34. The van der Waals surface area contributed by atoms with Crippen molar-refractivity contribution in [2.75, 3.05) is 0 Å². The SMILES string of the molecule is O=CC1CCCCCCCCCCC1. The Morgan fingerprint density at radius 1 is 0.643 bits per heavy atom. The van der Waals surface area contributed by atoms with Crippen molar-refractivity contribution in [1.82, 2.24) is 0 Å². The van der Waals surface area contributed by atoms with E-state index in [0.29, 0.717) is 5.92 Å². The van der Waals surface area contributed by atoms with Gasteiger partial charge in [-0.15, -0.1) is 0 Å². The van der Waals surface area contributed by atoms with Crippen LogP contribution in [0.1, 0.15) is 70.6 Å². The Morgan fingerprint density at radius 3 is 1.36 bits per heavy atom. The molecule has 1 fully saturated rings. The summed E-state index contributed by atoms with van der Waals surface area (Å²) in [6.45, 7) is 0. The van der Waals surface area contributed by atoms with Crippen molar-refractivity contribution < 1.29 is 4.79 Å². The molecule has 1 heteroatoms. The topological polar surface area (TPSA) is 17.1 Å². The van der Waals surface area contributed by atoms with E-state index in [1.165, 1.54) is 64.1 Å². The molecular formula is C13H24O. The van der Waals surface area contributed by atoms with Gasteiger partial charge in [0.1, 0.15) is 6.29 Å². The second-order valence-corrected chi connectivity index (χ2v) is 4.66. The Bertz CT molecular complexity index is 130. The third kappa shape index (κ3) is 5.41. The van der Waals surface area contributed by atoms with Crippen molar-refractivity contribution in [2.24, 2.45) is 5.92 Å². The lowest BCUT2D eigenvalue weighted by Crippen LogP contribution is -2.02. The normalized spacial score (nSPS) is 23.4. The first-order chi connectivity index (χ1) is 6.93. The van der Waals surface area contributed by atoms with Crippen molar-refractivity contribution in [2.45, 2.75) is 70.6 Å². The maximum Gasteiger partial charge on any atom is 0.123 e. The van der Waals surface area contributed by atoms with Crippen molar-refractivity contribution in [3.63, 3.8) is 0 Å². The molecule has 0 aromatic carbocycles. The zero-order valence-electron chi connectivity index (χ0n) is 9.34. The van der Waals surface area contributed by atoms with E-state index in [0.717, 1.165) is 12.8 Å². The van der Waals surface area contributed by atoms with Crippen LogP contribution in [0.4, 0.5) is 0 Å². The number of carbonyl (C=O) groups excluding carboxylic acids is 1. The first kappa shape index (κ1) is 11.7. The first-order valence-corrected chi connectivity index (χ1v) is 6.39. The minimum absolute atomic E-state index is 0.370. The fourth-order valence-corrected chi connectivity index (χ4v) is 2.33. The zero-order chi connectivity index (χ0) is 10.1. The van der Waals surface area contributed by atoms with Gasteiger partial charge in [0, 0.05) is 5.92 Å². The lowest BCUT2D eigenvalue weighted by Gasteiger charge is -2.11. The van der Waals surface area contributed by atoms with E-state index in [2.05, 4.69) is 0 Å². The zero-order valence-corrected chi connectivity index (χ0v) is 9.34. The molecule has 0 saturated heterocycles. The molecule has 0 N–H and O–H groups in total. The van der Waals surface area contributed by atoms with E-state index in [1.54, 1.807) is 0 Å². The van der Waals surface area contributed by atoms with Crippen LogP contribution in [0.3, 0.4) is 0 Å². The van der Waals surface area contributed by atoms with Crippen LogP contribution in [0.15, 0.2) is 0 Å². The van der Waals surface area contributed by atoms with E-state index in [4.69, 9.17) is 0 Å². The van der Waals surface area contributed by atoms with Crippen LogP contribution in [0.2, 0.25) is 0 Å². The maximum absolute atomic E-state index is 10.8. The summed E-state index contributed by atoms with van der Waals surface area (Å²) in [5.41, 5.74) is 0. The summed E-state index contributed by atoms with van der Waals surface area (Å²) in [4.78, 5) is 10.8. The maximum atomic E-state index is 10.8. The minimum atomic E-state index is 0.370. The van der Waals surface area contributed by atoms with E-state index < -0.39 is 0 Å².